The normalized spacial score (nSPS) is 13.9. The Balaban J connectivity index is 1.35. The van der Waals surface area contributed by atoms with Gasteiger partial charge in [-0.3, -0.25) is 4.79 Å². The van der Waals surface area contributed by atoms with Crippen LogP contribution in [0.3, 0.4) is 0 Å². The molecule has 1 aliphatic heterocycles. The second-order valence-electron chi connectivity index (χ2n) is 7.23. The molecule has 152 valence electrons. The fraction of sp³-hybridized carbons (Fsp3) is 0.304. The van der Waals surface area contributed by atoms with Crippen molar-refractivity contribution in [1.82, 2.24) is 14.9 Å². The molecule has 1 saturated heterocycles. The molecule has 0 unspecified atom stereocenters. The van der Waals surface area contributed by atoms with E-state index < -0.39 is 0 Å². The number of pyridine rings is 1. The van der Waals surface area contributed by atoms with Crippen LogP contribution in [0.4, 0.5) is 5.82 Å². The molecule has 0 spiro atoms. The minimum absolute atomic E-state index is 0.0920. The molecule has 30 heavy (non-hydrogen) atoms. The summed E-state index contributed by atoms with van der Waals surface area (Å²) in [5.41, 5.74) is 3.78. The van der Waals surface area contributed by atoms with E-state index in [2.05, 4.69) is 52.1 Å². The van der Waals surface area contributed by atoms with Gasteiger partial charge in [0, 0.05) is 43.3 Å². The van der Waals surface area contributed by atoms with Gasteiger partial charge < -0.3 is 9.80 Å². The number of piperazine rings is 1. The fourth-order valence-corrected chi connectivity index (χ4v) is 4.40. The number of anilines is 1. The smallest absolute Gasteiger partial charge is 0.228 e. The van der Waals surface area contributed by atoms with Gasteiger partial charge in [-0.25, -0.2) is 9.97 Å². The van der Waals surface area contributed by atoms with Gasteiger partial charge in [-0.15, -0.1) is 11.3 Å². The Bertz CT molecular complexity index is 1060. The maximum absolute atomic E-state index is 12.8. The van der Waals surface area contributed by atoms with E-state index in [0.29, 0.717) is 44.0 Å². The third-order valence-corrected chi connectivity index (χ3v) is 6.27. The van der Waals surface area contributed by atoms with E-state index in [0.717, 1.165) is 22.7 Å². The number of rotatable bonds is 5. The van der Waals surface area contributed by atoms with Crippen molar-refractivity contribution >= 4 is 23.1 Å². The molecule has 1 aromatic carbocycles. The second kappa shape index (κ2) is 9.06. The van der Waals surface area contributed by atoms with Crippen LogP contribution in [-0.4, -0.2) is 47.0 Å². The molecule has 0 atom stereocenters. The fourth-order valence-electron chi connectivity index (χ4n) is 3.57. The lowest BCUT2D eigenvalue weighted by Gasteiger charge is -2.35. The van der Waals surface area contributed by atoms with Gasteiger partial charge >= 0.3 is 0 Å². The highest BCUT2D eigenvalue weighted by Crippen LogP contribution is 2.25. The van der Waals surface area contributed by atoms with Gasteiger partial charge in [-0.1, -0.05) is 31.2 Å². The van der Waals surface area contributed by atoms with Gasteiger partial charge in [0.15, 0.2) is 0 Å². The van der Waals surface area contributed by atoms with Crippen LogP contribution in [0.2, 0.25) is 0 Å². The summed E-state index contributed by atoms with van der Waals surface area (Å²) in [5, 5.41) is 12.2. The van der Waals surface area contributed by atoms with Gasteiger partial charge in [0.2, 0.25) is 5.91 Å². The molecule has 7 heteroatoms. The first-order valence-electron chi connectivity index (χ1n) is 10.1. The zero-order chi connectivity index (χ0) is 20.9. The Kier molecular flexibility index (Phi) is 6.05. The molecule has 1 fully saturated rings. The molecule has 0 N–H and O–H groups in total. The highest BCUT2D eigenvalue weighted by Gasteiger charge is 2.24. The van der Waals surface area contributed by atoms with Crippen LogP contribution in [0, 0.1) is 11.3 Å². The van der Waals surface area contributed by atoms with Crippen molar-refractivity contribution in [2.24, 2.45) is 0 Å². The average molecular weight is 418 g/mol. The molecule has 4 rings (SSSR count). The maximum Gasteiger partial charge on any atom is 0.228 e. The lowest BCUT2D eigenvalue weighted by Crippen LogP contribution is -2.49. The first-order valence-corrected chi connectivity index (χ1v) is 11.0. The summed E-state index contributed by atoms with van der Waals surface area (Å²) in [6, 6.07) is 14.2. The summed E-state index contributed by atoms with van der Waals surface area (Å²) in [4.78, 5) is 25.7. The van der Waals surface area contributed by atoms with E-state index in [4.69, 9.17) is 0 Å². The van der Waals surface area contributed by atoms with Crippen molar-refractivity contribution in [2.45, 2.75) is 19.8 Å². The highest BCUT2D eigenvalue weighted by molar-refractivity contribution is 7.13. The third kappa shape index (κ3) is 4.34. The van der Waals surface area contributed by atoms with Crippen LogP contribution >= 0.6 is 11.3 Å². The first kappa shape index (κ1) is 20.0. The molecule has 0 aliphatic carbocycles. The van der Waals surface area contributed by atoms with Crippen LogP contribution < -0.4 is 4.90 Å². The number of benzene rings is 1. The average Bonchev–Trinajstić information content (AvgIpc) is 3.27. The van der Waals surface area contributed by atoms with Crippen LogP contribution in [0.15, 0.2) is 48.0 Å². The second-order valence-corrected chi connectivity index (χ2v) is 8.08. The number of thiazole rings is 1. The van der Waals surface area contributed by atoms with Crippen LogP contribution in [0.1, 0.15) is 23.7 Å². The summed E-state index contributed by atoms with van der Waals surface area (Å²) in [5.74, 6) is 0.791. The maximum atomic E-state index is 12.8. The van der Waals surface area contributed by atoms with E-state index in [1.807, 2.05) is 10.3 Å². The Morgan fingerprint density at radius 2 is 1.93 bits per heavy atom. The summed E-state index contributed by atoms with van der Waals surface area (Å²) in [6.07, 6.45) is 3.03. The van der Waals surface area contributed by atoms with Crippen molar-refractivity contribution in [3.63, 3.8) is 0 Å². The van der Waals surface area contributed by atoms with E-state index >= 15 is 0 Å². The summed E-state index contributed by atoms with van der Waals surface area (Å²) in [7, 11) is 0. The van der Waals surface area contributed by atoms with Gasteiger partial charge in [0.05, 0.1) is 17.7 Å². The van der Waals surface area contributed by atoms with Crippen molar-refractivity contribution in [1.29, 1.82) is 5.26 Å². The number of hydrogen-bond acceptors (Lipinski definition) is 6. The molecular formula is C23H23N5OS. The zero-order valence-electron chi connectivity index (χ0n) is 16.9. The quantitative estimate of drug-likeness (QED) is 0.635. The largest absolute Gasteiger partial charge is 0.352 e. The van der Waals surface area contributed by atoms with Crippen molar-refractivity contribution < 1.29 is 4.79 Å². The molecular weight excluding hydrogens is 394 g/mol. The lowest BCUT2D eigenvalue weighted by molar-refractivity contribution is -0.130. The van der Waals surface area contributed by atoms with E-state index in [1.54, 1.807) is 29.7 Å². The highest BCUT2D eigenvalue weighted by atomic mass is 32.1. The molecule has 0 bridgehead atoms. The Hall–Kier alpha value is -3.24. The Labute approximate surface area is 180 Å². The van der Waals surface area contributed by atoms with Crippen molar-refractivity contribution in [2.75, 3.05) is 31.1 Å². The molecule has 3 aromatic rings. The Morgan fingerprint density at radius 1 is 1.17 bits per heavy atom. The van der Waals surface area contributed by atoms with E-state index in [9.17, 15) is 10.1 Å². The van der Waals surface area contributed by atoms with Crippen LogP contribution in [-0.2, 0) is 17.6 Å². The number of amides is 1. The standard InChI is InChI=1S/C23H23N5OS/c1-2-17-5-7-18(8-6-17)23-26-20(16-30-23)14-21(29)27-10-12-28(13-11-27)22-19(15-24)4-3-9-25-22/h3-9,16H,2,10-14H2,1H3. The van der Waals surface area contributed by atoms with Gasteiger partial charge in [0.25, 0.3) is 0 Å². The zero-order valence-corrected chi connectivity index (χ0v) is 17.7. The van der Waals surface area contributed by atoms with Crippen molar-refractivity contribution in [3.05, 3.63) is 64.8 Å². The number of carbonyl (C=O) groups excluding carboxylic acids is 1. The number of nitrogens with zero attached hydrogens (tertiary/aromatic N) is 5. The predicted octanol–water partition coefficient (Wildman–Crippen LogP) is 3.53. The molecule has 3 heterocycles. The number of carbonyl (C=O) groups is 1. The summed E-state index contributed by atoms with van der Waals surface area (Å²) in [6.45, 7) is 4.72. The molecule has 1 aliphatic rings. The van der Waals surface area contributed by atoms with Gasteiger partial charge in [-0.05, 0) is 24.1 Å². The minimum Gasteiger partial charge on any atom is -0.352 e. The van der Waals surface area contributed by atoms with Crippen LogP contribution in [0.25, 0.3) is 10.6 Å². The number of aryl methyl sites for hydroxylation is 1. The molecule has 1 amide bonds. The molecule has 6 nitrogen and oxygen atoms in total. The summed E-state index contributed by atoms with van der Waals surface area (Å²) >= 11 is 1.58. The number of nitriles is 1. The summed E-state index contributed by atoms with van der Waals surface area (Å²) < 4.78 is 0. The minimum atomic E-state index is 0.0920. The van der Waals surface area contributed by atoms with Crippen LogP contribution in [0.5, 0.6) is 0 Å². The van der Waals surface area contributed by atoms with E-state index in [-0.39, 0.29) is 5.91 Å². The van der Waals surface area contributed by atoms with Gasteiger partial charge in [-0.2, -0.15) is 5.26 Å². The lowest BCUT2D eigenvalue weighted by atomic mass is 10.1. The Morgan fingerprint density at radius 3 is 2.63 bits per heavy atom. The number of aromatic nitrogens is 2. The topological polar surface area (TPSA) is 73.1 Å². The number of hydrogen-bond donors (Lipinski definition) is 0. The molecule has 0 saturated carbocycles. The van der Waals surface area contributed by atoms with Gasteiger partial charge in [0.1, 0.15) is 16.9 Å². The predicted molar refractivity (Wildman–Crippen MR) is 118 cm³/mol. The molecule has 2 aromatic heterocycles. The monoisotopic (exact) mass is 417 g/mol. The third-order valence-electron chi connectivity index (χ3n) is 5.33. The first-order chi connectivity index (χ1) is 14.7. The SMILES string of the molecule is CCc1ccc(-c2nc(CC(=O)N3CCN(c4ncccc4C#N)CC3)cs2)cc1. The van der Waals surface area contributed by atoms with Crippen molar-refractivity contribution in [3.8, 4) is 16.6 Å². The van der Waals surface area contributed by atoms with E-state index in [1.165, 1.54) is 5.56 Å². The molecule has 0 radical (unpaired) electrons.